The molecule has 1 atom stereocenters. The first-order chi connectivity index (χ1) is 9.86. The normalized spacial score (nSPS) is 13.2. The van der Waals surface area contributed by atoms with Gasteiger partial charge in [-0.15, -0.1) is 0 Å². The average molecular weight is 320 g/mol. The molecule has 0 amide bonds. The summed E-state index contributed by atoms with van der Waals surface area (Å²) in [7, 11) is 0. The average Bonchev–Trinajstić information content (AvgIpc) is 2.89. The number of hydrogen-bond donors (Lipinski definition) is 2. The monoisotopic (exact) mass is 319 g/mol. The van der Waals surface area contributed by atoms with Crippen LogP contribution in [-0.2, 0) is 12.7 Å². The van der Waals surface area contributed by atoms with Crippen molar-refractivity contribution >= 4 is 17.3 Å². The van der Waals surface area contributed by atoms with Crippen LogP contribution in [0.3, 0.4) is 0 Å². The van der Waals surface area contributed by atoms with Gasteiger partial charge >= 0.3 is 6.18 Å². The largest absolute Gasteiger partial charge is 0.416 e. The van der Waals surface area contributed by atoms with E-state index in [1.807, 2.05) is 0 Å². The molecule has 1 aromatic heterocycles. The van der Waals surface area contributed by atoms with Crippen molar-refractivity contribution in [1.29, 1.82) is 0 Å². The summed E-state index contributed by atoms with van der Waals surface area (Å²) in [5.74, 6) is 0. The number of rotatable bonds is 5. The molecule has 1 heterocycles. The standard InChI is InChI=1S/C13H13ClF3N3O/c14-11-6-9(13(15,16)17)2-3-12(11)18-7-10(21)8-20-5-1-4-19-20/h1-6,10,18,21H,7-8H2. The van der Waals surface area contributed by atoms with Crippen molar-refractivity contribution in [2.75, 3.05) is 11.9 Å². The Morgan fingerprint density at radius 2 is 2.14 bits per heavy atom. The number of alkyl halides is 3. The summed E-state index contributed by atoms with van der Waals surface area (Å²) in [6.45, 7) is 0.420. The van der Waals surface area contributed by atoms with Gasteiger partial charge in [0.05, 0.1) is 28.9 Å². The molecule has 0 saturated carbocycles. The van der Waals surface area contributed by atoms with E-state index in [0.29, 0.717) is 5.69 Å². The van der Waals surface area contributed by atoms with E-state index >= 15 is 0 Å². The number of aliphatic hydroxyl groups is 1. The second kappa shape index (κ2) is 6.36. The molecule has 0 aliphatic carbocycles. The Bertz CT molecular complexity index is 587. The lowest BCUT2D eigenvalue weighted by molar-refractivity contribution is -0.137. The van der Waals surface area contributed by atoms with Crippen molar-refractivity contribution < 1.29 is 18.3 Å². The van der Waals surface area contributed by atoms with Crippen molar-refractivity contribution in [3.05, 3.63) is 47.2 Å². The predicted molar refractivity (Wildman–Crippen MR) is 73.2 cm³/mol. The minimum Gasteiger partial charge on any atom is -0.389 e. The first kappa shape index (κ1) is 15.7. The van der Waals surface area contributed by atoms with Crippen LogP contribution in [0.25, 0.3) is 0 Å². The first-order valence-corrected chi connectivity index (χ1v) is 6.50. The van der Waals surface area contributed by atoms with Crippen molar-refractivity contribution in [3.8, 4) is 0 Å². The van der Waals surface area contributed by atoms with E-state index in [-0.39, 0.29) is 18.1 Å². The van der Waals surface area contributed by atoms with E-state index in [1.54, 1.807) is 23.1 Å². The Morgan fingerprint density at radius 3 is 2.71 bits per heavy atom. The molecule has 8 heteroatoms. The predicted octanol–water partition coefficient (Wildman–Crippen LogP) is 3.03. The van der Waals surface area contributed by atoms with Gasteiger partial charge in [-0.3, -0.25) is 4.68 Å². The van der Waals surface area contributed by atoms with Gasteiger partial charge in [0, 0.05) is 18.9 Å². The third-order valence-electron chi connectivity index (χ3n) is 2.78. The number of hydrogen-bond acceptors (Lipinski definition) is 3. The quantitative estimate of drug-likeness (QED) is 0.890. The third kappa shape index (κ3) is 4.37. The van der Waals surface area contributed by atoms with Gasteiger partial charge in [0.2, 0.25) is 0 Å². The number of aromatic nitrogens is 2. The molecule has 2 N–H and O–H groups in total. The van der Waals surface area contributed by atoms with Crippen LogP contribution < -0.4 is 5.32 Å². The molecule has 0 radical (unpaired) electrons. The summed E-state index contributed by atoms with van der Waals surface area (Å²) < 4.78 is 39.0. The van der Waals surface area contributed by atoms with E-state index in [2.05, 4.69) is 10.4 Å². The van der Waals surface area contributed by atoms with Gasteiger partial charge in [-0.1, -0.05) is 11.6 Å². The van der Waals surface area contributed by atoms with E-state index in [1.165, 1.54) is 6.07 Å². The first-order valence-electron chi connectivity index (χ1n) is 6.12. The van der Waals surface area contributed by atoms with Crippen molar-refractivity contribution in [2.24, 2.45) is 0 Å². The fourth-order valence-corrected chi connectivity index (χ4v) is 2.00. The van der Waals surface area contributed by atoms with Gasteiger partial charge in [0.25, 0.3) is 0 Å². The number of nitrogens with zero attached hydrogens (tertiary/aromatic N) is 2. The Labute approximate surface area is 124 Å². The van der Waals surface area contributed by atoms with Crippen molar-refractivity contribution in [1.82, 2.24) is 9.78 Å². The van der Waals surface area contributed by atoms with Gasteiger partial charge in [-0.05, 0) is 24.3 Å². The molecule has 0 spiro atoms. The summed E-state index contributed by atoms with van der Waals surface area (Å²) in [5.41, 5.74) is -0.473. The Morgan fingerprint density at radius 1 is 1.38 bits per heavy atom. The molecule has 0 fully saturated rings. The smallest absolute Gasteiger partial charge is 0.389 e. The molecular weight excluding hydrogens is 307 g/mol. The number of nitrogens with one attached hydrogen (secondary N) is 1. The molecule has 2 rings (SSSR count). The molecule has 4 nitrogen and oxygen atoms in total. The topological polar surface area (TPSA) is 50.1 Å². The molecule has 1 aromatic carbocycles. The summed E-state index contributed by atoms with van der Waals surface area (Å²) in [6.07, 6.45) is -1.88. The number of halogens is 4. The summed E-state index contributed by atoms with van der Waals surface area (Å²) in [6, 6.07) is 4.76. The van der Waals surface area contributed by atoms with Crippen LogP contribution in [0, 0.1) is 0 Å². The second-order valence-corrected chi connectivity index (χ2v) is 4.86. The molecule has 0 saturated heterocycles. The van der Waals surface area contributed by atoms with Crippen LogP contribution in [0.1, 0.15) is 5.56 Å². The molecule has 114 valence electrons. The van der Waals surface area contributed by atoms with Crippen LogP contribution >= 0.6 is 11.6 Å². The van der Waals surface area contributed by atoms with Gasteiger partial charge in [0.15, 0.2) is 0 Å². The summed E-state index contributed by atoms with van der Waals surface area (Å²) in [5, 5.41) is 16.5. The highest BCUT2D eigenvalue weighted by Gasteiger charge is 2.30. The number of benzene rings is 1. The Kier molecular flexibility index (Phi) is 4.74. The highest BCUT2D eigenvalue weighted by Crippen LogP contribution is 2.33. The van der Waals surface area contributed by atoms with Crippen LogP contribution in [0.4, 0.5) is 18.9 Å². The van der Waals surface area contributed by atoms with Crippen LogP contribution in [0.5, 0.6) is 0 Å². The van der Waals surface area contributed by atoms with E-state index < -0.39 is 17.8 Å². The second-order valence-electron chi connectivity index (χ2n) is 4.46. The van der Waals surface area contributed by atoms with Crippen molar-refractivity contribution in [2.45, 2.75) is 18.8 Å². The van der Waals surface area contributed by atoms with Crippen molar-refractivity contribution in [3.63, 3.8) is 0 Å². The Hall–Kier alpha value is -1.73. The lowest BCUT2D eigenvalue weighted by Crippen LogP contribution is -2.25. The molecule has 0 aliphatic rings. The summed E-state index contributed by atoms with van der Waals surface area (Å²) >= 11 is 5.80. The van der Waals surface area contributed by atoms with Gasteiger partial charge in [0.1, 0.15) is 0 Å². The minimum atomic E-state index is -4.43. The zero-order chi connectivity index (χ0) is 15.5. The highest BCUT2D eigenvalue weighted by molar-refractivity contribution is 6.33. The van der Waals surface area contributed by atoms with Crippen LogP contribution in [0.2, 0.25) is 5.02 Å². The highest BCUT2D eigenvalue weighted by atomic mass is 35.5. The van der Waals surface area contributed by atoms with Gasteiger partial charge < -0.3 is 10.4 Å². The van der Waals surface area contributed by atoms with E-state index in [4.69, 9.17) is 11.6 Å². The fourth-order valence-electron chi connectivity index (χ4n) is 1.75. The van der Waals surface area contributed by atoms with Crippen LogP contribution in [0.15, 0.2) is 36.7 Å². The van der Waals surface area contributed by atoms with E-state index in [0.717, 1.165) is 12.1 Å². The Balaban J connectivity index is 1.94. The minimum absolute atomic E-state index is 0.0453. The molecule has 21 heavy (non-hydrogen) atoms. The molecule has 2 aromatic rings. The maximum atomic E-state index is 12.5. The zero-order valence-electron chi connectivity index (χ0n) is 10.8. The van der Waals surface area contributed by atoms with E-state index in [9.17, 15) is 18.3 Å². The van der Waals surface area contributed by atoms with Gasteiger partial charge in [-0.2, -0.15) is 18.3 Å². The molecular formula is C13H13ClF3N3O. The molecule has 0 aliphatic heterocycles. The lowest BCUT2D eigenvalue weighted by Gasteiger charge is -2.15. The molecule has 0 bridgehead atoms. The third-order valence-corrected chi connectivity index (χ3v) is 3.09. The summed E-state index contributed by atoms with van der Waals surface area (Å²) in [4.78, 5) is 0. The van der Waals surface area contributed by atoms with Gasteiger partial charge in [-0.25, -0.2) is 0 Å². The maximum Gasteiger partial charge on any atom is 0.416 e. The maximum absolute atomic E-state index is 12.5. The van der Waals surface area contributed by atoms with Crippen LogP contribution in [-0.4, -0.2) is 27.5 Å². The fraction of sp³-hybridized carbons (Fsp3) is 0.308. The SMILES string of the molecule is OC(CNc1ccc(C(F)(F)F)cc1Cl)Cn1cccn1. The lowest BCUT2D eigenvalue weighted by atomic mass is 10.2. The zero-order valence-corrected chi connectivity index (χ0v) is 11.6. The number of aliphatic hydroxyl groups excluding tert-OH is 1. The molecule has 1 unspecified atom stereocenters. The number of anilines is 1.